The molecule has 3 N–H and O–H groups in total. The van der Waals surface area contributed by atoms with Crippen LogP contribution >= 0.6 is 0 Å². The molecule has 2 amide bonds. The third kappa shape index (κ3) is 5.66. The minimum Gasteiger partial charge on any atom is -0.493 e. The number of rotatable bonds is 8. The normalized spacial score (nSPS) is 20.1. The number of carbonyl (C=O) groups is 2. The smallest absolute Gasteiger partial charge is 0.255 e. The van der Waals surface area contributed by atoms with Crippen LogP contribution in [0, 0.1) is 5.92 Å². The second kappa shape index (κ2) is 10.3. The van der Waals surface area contributed by atoms with E-state index in [9.17, 15) is 9.59 Å². The van der Waals surface area contributed by atoms with E-state index >= 15 is 0 Å². The fourth-order valence-electron chi connectivity index (χ4n) is 4.44. The summed E-state index contributed by atoms with van der Waals surface area (Å²) in [6, 6.07) is 13.3. The number of carbonyl (C=O) groups excluding carboxylic acids is 2. The predicted molar refractivity (Wildman–Crippen MR) is 127 cm³/mol. The molecule has 176 valence electrons. The number of ether oxygens (including phenoxy) is 2. The lowest BCUT2D eigenvalue weighted by atomic mass is 9.90. The SMILES string of the molecule is COc1ccc(C(=O)Nc2ccc(CN(C(=O)C3CC3)C3CCC(N)CC3)cc2)cc1OC. The van der Waals surface area contributed by atoms with Crippen molar-refractivity contribution in [2.75, 3.05) is 19.5 Å². The van der Waals surface area contributed by atoms with Crippen LogP contribution in [0.4, 0.5) is 5.69 Å². The third-order valence-electron chi connectivity index (χ3n) is 6.60. The number of methoxy groups -OCH3 is 2. The number of benzene rings is 2. The highest BCUT2D eigenvalue weighted by Crippen LogP contribution is 2.34. The summed E-state index contributed by atoms with van der Waals surface area (Å²) in [7, 11) is 3.10. The second-order valence-corrected chi connectivity index (χ2v) is 9.03. The van der Waals surface area contributed by atoms with Gasteiger partial charge in [-0.3, -0.25) is 9.59 Å². The number of nitrogens with zero attached hydrogens (tertiary/aromatic N) is 1. The van der Waals surface area contributed by atoms with Crippen LogP contribution in [0.1, 0.15) is 54.4 Å². The zero-order valence-corrected chi connectivity index (χ0v) is 19.4. The monoisotopic (exact) mass is 451 g/mol. The molecular weight excluding hydrogens is 418 g/mol. The van der Waals surface area contributed by atoms with Crippen LogP contribution < -0.4 is 20.5 Å². The predicted octanol–water partition coefficient (Wildman–Crippen LogP) is 3.96. The maximum atomic E-state index is 13.0. The van der Waals surface area contributed by atoms with Crippen molar-refractivity contribution in [3.63, 3.8) is 0 Å². The Kier molecular flexibility index (Phi) is 7.18. The van der Waals surface area contributed by atoms with Gasteiger partial charge >= 0.3 is 0 Å². The van der Waals surface area contributed by atoms with E-state index in [1.807, 2.05) is 24.3 Å². The lowest BCUT2D eigenvalue weighted by Gasteiger charge is -2.36. The van der Waals surface area contributed by atoms with Crippen LogP contribution in [0.3, 0.4) is 0 Å². The molecule has 0 radical (unpaired) electrons. The zero-order chi connectivity index (χ0) is 23.4. The van der Waals surface area contributed by atoms with E-state index in [4.69, 9.17) is 15.2 Å². The Labute approximate surface area is 195 Å². The van der Waals surface area contributed by atoms with Gasteiger partial charge in [-0.2, -0.15) is 0 Å². The van der Waals surface area contributed by atoms with Crippen LogP contribution in [0.5, 0.6) is 11.5 Å². The number of amides is 2. The molecule has 2 aliphatic rings. The lowest BCUT2D eigenvalue weighted by Crippen LogP contribution is -2.44. The molecule has 0 unspecified atom stereocenters. The summed E-state index contributed by atoms with van der Waals surface area (Å²) in [6.07, 6.45) is 5.89. The summed E-state index contributed by atoms with van der Waals surface area (Å²) in [4.78, 5) is 27.7. The molecule has 0 atom stereocenters. The molecule has 0 saturated heterocycles. The van der Waals surface area contributed by atoms with Crippen molar-refractivity contribution in [1.82, 2.24) is 4.90 Å². The minimum absolute atomic E-state index is 0.195. The van der Waals surface area contributed by atoms with E-state index in [-0.39, 0.29) is 29.8 Å². The molecule has 2 aliphatic carbocycles. The summed E-state index contributed by atoms with van der Waals surface area (Å²) in [6.45, 7) is 0.596. The van der Waals surface area contributed by atoms with E-state index in [0.717, 1.165) is 44.1 Å². The summed E-state index contributed by atoms with van der Waals surface area (Å²) < 4.78 is 10.5. The first kappa shape index (κ1) is 23.1. The minimum atomic E-state index is -0.229. The largest absolute Gasteiger partial charge is 0.493 e. The summed E-state index contributed by atoms with van der Waals surface area (Å²) in [5.74, 6) is 1.32. The number of hydrogen-bond acceptors (Lipinski definition) is 5. The maximum Gasteiger partial charge on any atom is 0.255 e. The molecule has 2 saturated carbocycles. The quantitative estimate of drug-likeness (QED) is 0.634. The van der Waals surface area contributed by atoms with Gasteiger partial charge in [0, 0.05) is 35.8 Å². The first-order chi connectivity index (χ1) is 16.0. The van der Waals surface area contributed by atoms with Gasteiger partial charge in [-0.25, -0.2) is 0 Å². The number of anilines is 1. The maximum absolute atomic E-state index is 13.0. The second-order valence-electron chi connectivity index (χ2n) is 9.03. The molecule has 0 aliphatic heterocycles. The Bertz CT molecular complexity index is 980. The highest BCUT2D eigenvalue weighted by molar-refractivity contribution is 6.04. The van der Waals surface area contributed by atoms with Crippen LogP contribution in [-0.2, 0) is 11.3 Å². The van der Waals surface area contributed by atoms with Crippen LogP contribution in [0.15, 0.2) is 42.5 Å². The molecule has 0 bridgehead atoms. The van der Waals surface area contributed by atoms with E-state index in [1.54, 1.807) is 25.3 Å². The first-order valence-corrected chi connectivity index (χ1v) is 11.7. The summed E-state index contributed by atoms with van der Waals surface area (Å²) in [5.41, 5.74) is 8.31. The summed E-state index contributed by atoms with van der Waals surface area (Å²) >= 11 is 0. The van der Waals surface area contributed by atoms with Crippen molar-refractivity contribution < 1.29 is 19.1 Å². The Morgan fingerprint density at radius 3 is 2.21 bits per heavy atom. The molecule has 2 aromatic rings. The fourth-order valence-corrected chi connectivity index (χ4v) is 4.44. The zero-order valence-electron chi connectivity index (χ0n) is 19.4. The van der Waals surface area contributed by atoms with Crippen molar-refractivity contribution in [2.45, 2.75) is 57.2 Å². The number of nitrogens with two attached hydrogens (primary N) is 1. The van der Waals surface area contributed by atoms with Crippen molar-refractivity contribution in [2.24, 2.45) is 11.7 Å². The molecule has 0 spiro atoms. The Morgan fingerprint density at radius 1 is 0.939 bits per heavy atom. The van der Waals surface area contributed by atoms with Gasteiger partial charge in [-0.1, -0.05) is 12.1 Å². The number of nitrogens with one attached hydrogen (secondary N) is 1. The number of hydrogen-bond donors (Lipinski definition) is 2. The molecule has 33 heavy (non-hydrogen) atoms. The Hall–Kier alpha value is -3.06. The molecule has 0 heterocycles. The molecular formula is C26H33N3O4. The molecule has 2 fully saturated rings. The Balaban J connectivity index is 1.41. The van der Waals surface area contributed by atoms with Gasteiger partial charge in [-0.05, 0) is 74.4 Å². The van der Waals surface area contributed by atoms with Gasteiger partial charge in [0.25, 0.3) is 5.91 Å². The fraction of sp³-hybridized carbons (Fsp3) is 0.462. The van der Waals surface area contributed by atoms with Gasteiger partial charge in [0.2, 0.25) is 5.91 Å². The van der Waals surface area contributed by atoms with Crippen LogP contribution in [0.2, 0.25) is 0 Å². The Morgan fingerprint density at radius 2 is 1.61 bits per heavy atom. The lowest BCUT2D eigenvalue weighted by molar-refractivity contribution is -0.136. The van der Waals surface area contributed by atoms with E-state index < -0.39 is 0 Å². The molecule has 4 rings (SSSR count). The van der Waals surface area contributed by atoms with Crippen molar-refractivity contribution in [1.29, 1.82) is 0 Å². The molecule has 7 heteroatoms. The molecule has 2 aromatic carbocycles. The van der Waals surface area contributed by atoms with Crippen LogP contribution in [0.25, 0.3) is 0 Å². The van der Waals surface area contributed by atoms with Crippen molar-refractivity contribution in [3.05, 3.63) is 53.6 Å². The van der Waals surface area contributed by atoms with Gasteiger partial charge in [-0.15, -0.1) is 0 Å². The topological polar surface area (TPSA) is 93.9 Å². The highest BCUT2D eigenvalue weighted by Gasteiger charge is 2.37. The van der Waals surface area contributed by atoms with Gasteiger partial charge in [0.05, 0.1) is 14.2 Å². The van der Waals surface area contributed by atoms with Gasteiger partial charge in [0.15, 0.2) is 11.5 Å². The standard InChI is InChI=1S/C26H33N3O4/c1-32-23-14-7-19(15-24(23)33-2)25(30)28-21-10-3-17(4-11-21)16-29(26(31)18-5-6-18)22-12-8-20(27)9-13-22/h3-4,7,10-11,14-15,18,20,22H,5-6,8-9,12-13,16,27H2,1-2H3,(H,28,30). The first-order valence-electron chi connectivity index (χ1n) is 11.7. The van der Waals surface area contributed by atoms with E-state index in [0.29, 0.717) is 29.3 Å². The van der Waals surface area contributed by atoms with E-state index in [1.165, 1.54) is 7.11 Å². The third-order valence-corrected chi connectivity index (χ3v) is 6.60. The molecule has 0 aromatic heterocycles. The molecule has 7 nitrogen and oxygen atoms in total. The van der Waals surface area contributed by atoms with Gasteiger partial charge in [0.1, 0.15) is 0 Å². The van der Waals surface area contributed by atoms with E-state index in [2.05, 4.69) is 10.2 Å². The van der Waals surface area contributed by atoms with Crippen LogP contribution in [-0.4, -0.2) is 43.0 Å². The van der Waals surface area contributed by atoms with Gasteiger partial charge < -0.3 is 25.4 Å². The highest BCUT2D eigenvalue weighted by atomic mass is 16.5. The average Bonchev–Trinajstić information content (AvgIpc) is 3.69. The van der Waals surface area contributed by atoms with Crippen molar-refractivity contribution in [3.8, 4) is 11.5 Å². The average molecular weight is 452 g/mol. The van der Waals surface area contributed by atoms with Crippen molar-refractivity contribution >= 4 is 17.5 Å². The summed E-state index contributed by atoms with van der Waals surface area (Å²) in [5, 5.41) is 2.92.